The first-order chi connectivity index (χ1) is 9.36. The smallest absolute Gasteiger partial charge is 0.323 e. The third-order valence-electron chi connectivity index (χ3n) is 5.79. The molecule has 4 unspecified atom stereocenters. The van der Waals surface area contributed by atoms with Crippen molar-refractivity contribution in [1.29, 1.82) is 0 Å². The number of nitrogens with zero attached hydrogens (tertiary/aromatic N) is 1. The lowest BCUT2D eigenvalue weighted by atomic mass is 9.71. The van der Waals surface area contributed by atoms with E-state index in [0.29, 0.717) is 17.9 Å². The van der Waals surface area contributed by atoms with Crippen LogP contribution >= 0.6 is 0 Å². The average molecular weight is 281 g/mol. The highest BCUT2D eigenvalue weighted by Gasteiger charge is 2.47. The number of aliphatic carboxylic acids is 1. The largest absolute Gasteiger partial charge is 0.480 e. The Bertz CT molecular complexity index is 355. The number of hydrogen-bond donors (Lipinski definition) is 1. The molecule has 0 radical (unpaired) electrons. The molecule has 1 heterocycles. The zero-order chi connectivity index (χ0) is 14.9. The lowest BCUT2D eigenvalue weighted by Gasteiger charge is -2.52. The zero-order valence-electron chi connectivity index (χ0n) is 13.6. The monoisotopic (exact) mass is 281 g/mol. The second-order valence-corrected chi connectivity index (χ2v) is 7.62. The van der Waals surface area contributed by atoms with Crippen molar-refractivity contribution in [2.75, 3.05) is 6.54 Å². The third kappa shape index (κ3) is 2.88. The Morgan fingerprint density at radius 1 is 1.30 bits per heavy atom. The topological polar surface area (TPSA) is 40.5 Å². The Labute approximate surface area is 123 Å². The summed E-state index contributed by atoms with van der Waals surface area (Å²) in [4.78, 5) is 14.2. The number of rotatable bonds is 3. The summed E-state index contributed by atoms with van der Waals surface area (Å²) in [6.07, 6.45) is 6.74. The molecule has 3 heteroatoms. The quantitative estimate of drug-likeness (QED) is 0.856. The summed E-state index contributed by atoms with van der Waals surface area (Å²) < 4.78 is 0. The van der Waals surface area contributed by atoms with Crippen LogP contribution in [0.25, 0.3) is 0 Å². The van der Waals surface area contributed by atoms with Gasteiger partial charge in [0, 0.05) is 6.04 Å². The second-order valence-electron chi connectivity index (χ2n) is 7.62. The fourth-order valence-electron chi connectivity index (χ4n) is 4.41. The number of hydrogen-bond acceptors (Lipinski definition) is 2. The van der Waals surface area contributed by atoms with Crippen LogP contribution in [0.5, 0.6) is 0 Å². The minimum Gasteiger partial charge on any atom is -0.480 e. The standard InChI is InChI=1S/C17H31NO2/c1-12(2)14-8-7-13(3)11-15(14)18-10-6-5-9-17(18,4)16(19)20/h12-15H,5-11H2,1-4H3,(H,19,20). The number of carboxylic acid groups (broad SMARTS) is 1. The molecule has 0 amide bonds. The Morgan fingerprint density at radius 3 is 2.60 bits per heavy atom. The van der Waals surface area contributed by atoms with Crippen LogP contribution in [0.1, 0.15) is 66.2 Å². The van der Waals surface area contributed by atoms with Crippen LogP contribution in [0.2, 0.25) is 0 Å². The van der Waals surface area contributed by atoms with Crippen molar-refractivity contribution in [3.8, 4) is 0 Å². The lowest BCUT2D eigenvalue weighted by molar-refractivity contribution is -0.158. The number of carbonyl (C=O) groups is 1. The summed E-state index contributed by atoms with van der Waals surface area (Å²) in [5, 5.41) is 9.75. The van der Waals surface area contributed by atoms with Crippen LogP contribution in [0.15, 0.2) is 0 Å². The zero-order valence-corrected chi connectivity index (χ0v) is 13.6. The van der Waals surface area contributed by atoms with Gasteiger partial charge in [-0.15, -0.1) is 0 Å². The number of piperidine rings is 1. The average Bonchev–Trinajstić information content (AvgIpc) is 2.38. The molecule has 0 bridgehead atoms. The van der Waals surface area contributed by atoms with E-state index in [0.717, 1.165) is 31.7 Å². The lowest BCUT2D eigenvalue weighted by Crippen LogP contribution is -2.61. The van der Waals surface area contributed by atoms with Gasteiger partial charge < -0.3 is 5.11 Å². The van der Waals surface area contributed by atoms with Crippen LogP contribution < -0.4 is 0 Å². The van der Waals surface area contributed by atoms with E-state index >= 15 is 0 Å². The van der Waals surface area contributed by atoms with E-state index in [9.17, 15) is 9.90 Å². The first-order valence-corrected chi connectivity index (χ1v) is 8.36. The van der Waals surface area contributed by atoms with Gasteiger partial charge >= 0.3 is 5.97 Å². The number of carboxylic acids is 1. The second kappa shape index (κ2) is 6.05. The van der Waals surface area contributed by atoms with E-state index in [4.69, 9.17) is 0 Å². The fraction of sp³-hybridized carbons (Fsp3) is 0.941. The highest BCUT2D eigenvalue weighted by atomic mass is 16.4. The molecule has 0 aromatic carbocycles. The highest BCUT2D eigenvalue weighted by Crippen LogP contribution is 2.41. The summed E-state index contributed by atoms with van der Waals surface area (Å²) in [6, 6.07) is 0.458. The molecule has 1 saturated carbocycles. The normalized spacial score (nSPS) is 40.0. The maximum Gasteiger partial charge on any atom is 0.323 e. The van der Waals surface area contributed by atoms with Crippen molar-refractivity contribution >= 4 is 5.97 Å². The van der Waals surface area contributed by atoms with Gasteiger partial charge in [0.1, 0.15) is 5.54 Å². The first kappa shape index (κ1) is 15.8. The highest BCUT2D eigenvalue weighted by molar-refractivity contribution is 5.78. The summed E-state index contributed by atoms with van der Waals surface area (Å²) in [6.45, 7) is 9.84. The van der Waals surface area contributed by atoms with Gasteiger partial charge in [0.2, 0.25) is 0 Å². The third-order valence-corrected chi connectivity index (χ3v) is 5.79. The van der Waals surface area contributed by atoms with Gasteiger partial charge in [-0.2, -0.15) is 0 Å². The van der Waals surface area contributed by atoms with Gasteiger partial charge in [0.05, 0.1) is 0 Å². The van der Waals surface area contributed by atoms with Gasteiger partial charge in [-0.1, -0.05) is 27.2 Å². The van der Waals surface area contributed by atoms with Crippen LogP contribution in [-0.2, 0) is 4.79 Å². The van der Waals surface area contributed by atoms with Crippen molar-refractivity contribution in [3.05, 3.63) is 0 Å². The molecule has 2 aliphatic rings. The van der Waals surface area contributed by atoms with Crippen molar-refractivity contribution in [3.63, 3.8) is 0 Å². The summed E-state index contributed by atoms with van der Waals surface area (Å²) in [5.74, 6) is 1.41. The maximum atomic E-state index is 11.8. The molecule has 0 spiro atoms. The molecule has 20 heavy (non-hydrogen) atoms. The summed E-state index contributed by atoms with van der Waals surface area (Å²) >= 11 is 0. The van der Waals surface area contributed by atoms with Gasteiger partial charge in [-0.3, -0.25) is 9.69 Å². The molecule has 1 aliphatic carbocycles. The minimum atomic E-state index is -0.646. The van der Waals surface area contributed by atoms with Crippen molar-refractivity contribution < 1.29 is 9.90 Å². The van der Waals surface area contributed by atoms with Crippen molar-refractivity contribution in [1.82, 2.24) is 4.90 Å². The molecule has 2 rings (SSSR count). The van der Waals surface area contributed by atoms with Crippen LogP contribution in [0.4, 0.5) is 0 Å². The molecule has 1 aliphatic heterocycles. The Balaban J connectivity index is 2.26. The van der Waals surface area contributed by atoms with Crippen molar-refractivity contribution in [2.45, 2.75) is 77.8 Å². The van der Waals surface area contributed by atoms with E-state index in [2.05, 4.69) is 25.7 Å². The van der Waals surface area contributed by atoms with Crippen LogP contribution in [-0.4, -0.2) is 34.1 Å². The van der Waals surface area contributed by atoms with E-state index in [1.807, 2.05) is 6.92 Å². The van der Waals surface area contributed by atoms with E-state index in [1.165, 1.54) is 19.3 Å². The van der Waals surface area contributed by atoms with E-state index < -0.39 is 11.5 Å². The van der Waals surface area contributed by atoms with Gasteiger partial charge in [-0.05, 0) is 63.3 Å². The van der Waals surface area contributed by atoms with Crippen molar-refractivity contribution in [2.24, 2.45) is 17.8 Å². The molecule has 116 valence electrons. The Kier molecular flexibility index (Phi) is 4.78. The minimum absolute atomic E-state index is 0.458. The van der Waals surface area contributed by atoms with Crippen LogP contribution in [0, 0.1) is 17.8 Å². The predicted octanol–water partition coefficient (Wildman–Crippen LogP) is 3.78. The first-order valence-electron chi connectivity index (χ1n) is 8.36. The van der Waals surface area contributed by atoms with E-state index in [-0.39, 0.29) is 0 Å². The molecule has 2 fully saturated rings. The molecule has 0 aromatic heterocycles. The Hall–Kier alpha value is -0.570. The van der Waals surface area contributed by atoms with Gasteiger partial charge in [0.25, 0.3) is 0 Å². The summed E-state index contributed by atoms with van der Waals surface area (Å²) in [7, 11) is 0. The van der Waals surface area contributed by atoms with Gasteiger partial charge in [-0.25, -0.2) is 0 Å². The molecular weight excluding hydrogens is 250 g/mol. The summed E-state index contributed by atoms with van der Waals surface area (Å²) in [5.41, 5.74) is -0.646. The molecule has 1 saturated heterocycles. The molecular formula is C17H31NO2. The number of likely N-dealkylation sites (tertiary alicyclic amines) is 1. The predicted molar refractivity (Wildman–Crippen MR) is 81.7 cm³/mol. The molecule has 0 aromatic rings. The molecule has 3 nitrogen and oxygen atoms in total. The van der Waals surface area contributed by atoms with E-state index in [1.54, 1.807) is 0 Å². The maximum absolute atomic E-state index is 11.8. The SMILES string of the molecule is CC1CCC(C(C)C)C(N2CCCCC2(C)C(=O)O)C1. The van der Waals surface area contributed by atoms with Crippen LogP contribution in [0.3, 0.4) is 0 Å². The molecule has 1 N–H and O–H groups in total. The fourth-order valence-corrected chi connectivity index (χ4v) is 4.41. The molecule has 4 atom stereocenters. The Morgan fingerprint density at radius 2 is 2.00 bits per heavy atom. The van der Waals surface area contributed by atoms with Gasteiger partial charge in [0.15, 0.2) is 0 Å².